The Morgan fingerprint density at radius 2 is 1.96 bits per heavy atom. The van der Waals surface area contributed by atoms with Gasteiger partial charge in [0.1, 0.15) is 5.82 Å². The fourth-order valence-corrected chi connectivity index (χ4v) is 3.31. The van der Waals surface area contributed by atoms with Crippen molar-refractivity contribution in [1.82, 2.24) is 15.0 Å². The highest BCUT2D eigenvalue weighted by Crippen LogP contribution is 2.18. The summed E-state index contributed by atoms with van der Waals surface area (Å²) in [5.74, 6) is 2.45. The average molecular weight is 345 g/mol. The van der Waals surface area contributed by atoms with Gasteiger partial charge in [-0.25, -0.2) is 9.97 Å². The lowest BCUT2D eigenvalue weighted by atomic mass is 10.3. The molecule has 3 rings (SSSR count). The quantitative estimate of drug-likeness (QED) is 0.896. The molecule has 1 N–H and O–H groups in total. The number of nitrogens with zero attached hydrogens (tertiary/aromatic N) is 4. The van der Waals surface area contributed by atoms with Crippen LogP contribution in [0.5, 0.6) is 0 Å². The van der Waals surface area contributed by atoms with Crippen LogP contribution < -0.4 is 15.4 Å². The molecule has 24 heavy (non-hydrogen) atoms. The normalized spacial score (nSPS) is 15.1. The summed E-state index contributed by atoms with van der Waals surface area (Å²) in [6, 6.07) is 7.56. The number of anilines is 2. The maximum atomic E-state index is 11.9. The number of rotatable bonds is 5. The summed E-state index contributed by atoms with van der Waals surface area (Å²) in [6.07, 6.45) is 1.82. The Bertz CT molecular complexity index is 710. The van der Waals surface area contributed by atoms with Crippen LogP contribution in [0.3, 0.4) is 0 Å². The zero-order chi connectivity index (χ0) is 16.9. The molecule has 128 valence electrons. The maximum Gasteiger partial charge on any atom is 0.252 e. The molecule has 3 heterocycles. The van der Waals surface area contributed by atoms with Gasteiger partial charge >= 0.3 is 0 Å². The Balaban J connectivity index is 1.66. The molecule has 0 amide bonds. The standard InChI is InChI=1S/C17H23N5OS/c1-13(2)24-12-14-11-16(23)20-17(19-14)22-9-7-21(8-10-22)15-5-3-4-6-18-15/h3-6,11,13H,7-10,12H2,1-2H3,(H,19,20,23). The Morgan fingerprint density at radius 3 is 2.62 bits per heavy atom. The summed E-state index contributed by atoms with van der Waals surface area (Å²) in [5.41, 5.74) is 0.770. The van der Waals surface area contributed by atoms with Crippen molar-refractivity contribution in [3.05, 3.63) is 46.5 Å². The predicted molar refractivity (Wildman–Crippen MR) is 100.0 cm³/mol. The molecule has 7 heteroatoms. The Kier molecular flexibility index (Phi) is 5.40. The van der Waals surface area contributed by atoms with Crippen molar-refractivity contribution in [2.45, 2.75) is 24.9 Å². The molecule has 0 spiro atoms. The van der Waals surface area contributed by atoms with Gasteiger partial charge in [0.05, 0.1) is 5.69 Å². The minimum Gasteiger partial charge on any atom is -0.353 e. The average Bonchev–Trinajstić information content (AvgIpc) is 2.60. The fourth-order valence-electron chi connectivity index (χ4n) is 2.66. The number of nitrogens with one attached hydrogen (secondary N) is 1. The van der Waals surface area contributed by atoms with Gasteiger partial charge in [-0.05, 0) is 17.4 Å². The summed E-state index contributed by atoms with van der Waals surface area (Å²) in [5, 5.41) is 0.524. The number of hydrogen-bond acceptors (Lipinski definition) is 6. The molecule has 0 radical (unpaired) electrons. The van der Waals surface area contributed by atoms with Crippen molar-refractivity contribution in [2.75, 3.05) is 36.0 Å². The van der Waals surface area contributed by atoms with Crippen molar-refractivity contribution >= 4 is 23.5 Å². The molecule has 0 atom stereocenters. The first-order valence-corrected chi connectivity index (χ1v) is 9.29. The van der Waals surface area contributed by atoms with Gasteiger partial charge < -0.3 is 9.80 Å². The molecular weight excluding hydrogens is 322 g/mol. The van der Waals surface area contributed by atoms with E-state index in [-0.39, 0.29) is 5.56 Å². The number of aromatic nitrogens is 3. The topological polar surface area (TPSA) is 65.1 Å². The number of hydrogen-bond donors (Lipinski definition) is 1. The van der Waals surface area contributed by atoms with E-state index in [1.807, 2.05) is 24.4 Å². The second-order valence-electron chi connectivity index (χ2n) is 6.08. The van der Waals surface area contributed by atoms with Crippen LogP contribution in [0.2, 0.25) is 0 Å². The molecule has 1 aliphatic rings. The smallest absolute Gasteiger partial charge is 0.252 e. The Morgan fingerprint density at radius 1 is 1.21 bits per heavy atom. The number of thioether (sulfide) groups is 1. The van der Waals surface area contributed by atoms with Crippen LogP contribution in [0.4, 0.5) is 11.8 Å². The lowest BCUT2D eigenvalue weighted by Crippen LogP contribution is -2.47. The van der Waals surface area contributed by atoms with E-state index in [1.165, 1.54) is 0 Å². The third kappa shape index (κ3) is 4.29. The number of H-pyrrole nitrogens is 1. The van der Waals surface area contributed by atoms with Gasteiger partial charge in [-0.3, -0.25) is 9.78 Å². The van der Waals surface area contributed by atoms with Gasteiger partial charge in [0, 0.05) is 44.2 Å². The zero-order valence-electron chi connectivity index (χ0n) is 14.1. The van der Waals surface area contributed by atoms with Gasteiger partial charge in [0.25, 0.3) is 5.56 Å². The molecule has 1 fully saturated rings. The van der Waals surface area contributed by atoms with E-state index >= 15 is 0 Å². The minimum absolute atomic E-state index is 0.0773. The zero-order valence-corrected chi connectivity index (χ0v) is 14.9. The first-order chi connectivity index (χ1) is 11.6. The van der Waals surface area contributed by atoms with E-state index in [2.05, 4.69) is 38.6 Å². The molecule has 2 aromatic rings. The molecule has 0 aliphatic carbocycles. The van der Waals surface area contributed by atoms with Gasteiger partial charge in [0.15, 0.2) is 0 Å². The molecule has 0 unspecified atom stereocenters. The minimum atomic E-state index is -0.0773. The van der Waals surface area contributed by atoms with E-state index in [4.69, 9.17) is 0 Å². The number of aromatic amines is 1. The SMILES string of the molecule is CC(C)SCc1cc(=O)[nH]c(N2CCN(c3ccccn3)CC2)n1. The third-order valence-corrected chi connectivity index (χ3v) is 5.03. The summed E-state index contributed by atoms with van der Waals surface area (Å²) < 4.78 is 0. The fraction of sp³-hybridized carbons (Fsp3) is 0.471. The van der Waals surface area contributed by atoms with E-state index in [0.29, 0.717) is 11.2 Å². The van der Waals surface area contributed by atoms with Crippen molar-refractivity contribution in [2.24, 2.45) is 0 Å². The summed E-state index contributed by atoms with van der Waals surface area (Å²) in [4.78, 5) is 28.3. The van der Waals surface area contributed by atoms with E-state index in [9.17, 15) is 4.79 Å². The Hall–Kier alpha value is -2.02. The van der Waals surface area contributed by atoms with Crippen LogP contribution in [0.15, 0.2) is 35.3 Å². The first-order valence-electron chi connectivity index (χ1n) is 8.24. The van der Waals surface area contributed by atoms with Crippen molar-refractivity contribution in [3.63, 3.8) is 0 Å². The maximum absolute atomic E-state index is 11.9. The largest absolute Gasteiger partial charge is 0.353 e. The Labute approximate surface area is 146 Å². The highest BCUT2D eigenvalue weighted by atomic mass is 32.2. The highest BCUT2D eigenvalue weighted by molar-refractivity contribution is 7.99. The molecule has 6 nitrogen and oxygen atoms in total. The van der Waals surface area contributed by atoms with Gasteiger partial charge in [-0.15, -0.1) is 0 Å². The monoisotopic (exact) mass is 345 g/mol. The molecule has 1 aliphatic heterocycles. The van der Waals surface area contributed by atoms with Gasteiger partial charge in [-0.2, -0.15) is 11.8 Å². The van der Waals surface area contributed by atoms with Crippen LogP contribution in [0.25, 0.3) is 0 Å². The lowest BCUT2D eigenvalue weighted by Gasteiger charge is -2.35. The predicted octanol–water partition coefficient (Wildman–Crippen LogP) is 2.13. The van der Waals surface area contributed by atoms with E-state index in [1.54, 1.807) is 17.8 Å². The van der Waals surface area contributed by atoms with Crippen molar-refractivity contribution < 1.29 is 0 Å². The lowest BCUT2D eigenvalue weighted by molar-refractivity contribution is 0.632. The van der Waals surface area contributed by atoms with Crippen LogP contribution >= 0.6 is 11.8 Å². The third-order valence-electron chi connectivity index (χ3n) is 3.90. The first kappa shape index (κ1) is 16.8. The summed E-state index contributed by atoms with van der Waals surface area (Å²) in [7, 11) is 0. The summed E-state index contributed by atoms with van der Waals surface area (Å²) >= 11 is 1.80. The molecular formula is C17H23N5OS. The van der Waals surface area contributed by atoms with Crippen LogP contribution in [-0.4, -0.2) is 46.4 Å². The van der Waals surface area contributed by atoms with Crippen molar-refractivity contribution in [3.8, 4) is 0 Å². The van der Waals surface area contributed by atoms with E-state index in [0.717, 1.165) is 43.4 Å². The van der Waals surface area contributed by atoms with E-state index < -0.39 is 0 Å². The number of pyridine rings is 1. The number of piperazine rings is 1. The van der Waals surface area contributed by atoms with Crippen LogP contribution in [-0.2, 0) is 5.75 Å². The van der Waals surface area contributed by atoms with Crippen LogP contribution in [0, 0.1) is 0 Å². The van der Waals surface area contributed by atoms with Gasteiger partial charge in [-0.1, -0.05) is 19.9 Å². The molecule has 0 saturated carbocycles. The van der Waals surface area contributed by atoms with Crippen LogP contribution in [0.1, 0.15) is 19.5 Å². The molecule has 0 aromatic carbocycles. The summed E-state index contributed by atoms with van der Waals surface area (Å²) in [6.45, 7) is 7.67. The highest BCUT2D eigenvalue weighted by Gasteiger charge is 2.20. The van der Waals surface area contributed by atoms with Gasteiger partial charge in [0.2, 0.25) is 5.95 Å². The molecule has 0 bridgehead atoms. The molecule has 1 saturated heterocycles. The molecule has 2 aromatic heterocycles. The van der Waals surface area contributed by atoms with Crippen molar-refractivity contribution in [1.29, 1.82) is 0 Å². The second kappa shape index (κ2) is 7.70. The second-order valence-corrected chi connectivity index (χ2v) is 7.65.